The largest absolute Gasteiger partial charge is 0.487 e. The van der Waals surface area contributed by atoms with Crippen molar-refractivity contribution in [3.63, 3.8) is 0 Å². The fraction of sp³-hybridized carbons (Fsp3) is 0.222. The van der Waals surface area contributed by atoms with E-state index in [2.05, 4.69) is 15.4 Å². The molecule has 0 atom stereocenters. The van der Waals surface area contributed by atoms with Gasteiger partial charge in [-0.3, -0.25) is 0 Å². The lowest BCUT2D eigenvalue weighted by atomic mass is 10.2. The molecule has 0 unspecified atom stereocenters. The van der Waals surface area contributed by atoms with Crippen molar-refractivity contribution in [1.29, 1.82) is 0 Å². The smallest absolute Gasteiger partial charge is 0.272 e. The van der Waals surface area contributed by atoms with Gasteiger partial charge in [0.15, 0.2) is 15.7 Å². The minimum atomic E-state index is -3.23. The number of benzene rings is 2. The van der Waals surface area contributed by atoms with Gasteiger partial charge in [0.05, 0.1) is 17.0 Å². The second-order valence-corrected chi connectivity index (χ2v) is 8.30. The molecule has 8 nitrogen and oxygen atoms in total. The number of nitrogens with zero attached hydrogens (tertiary/aromatic N) is 2. The maximum Gasteiger partial charge on any atom is 0.272 e. The van der Waals surface area contributed by atoms with Crippen LogP contribution in [0.15, 0.2) is 52.4 Å². The molecular formula is C18H20F3N5O3S. The quantitative estimate of drug-likeness (QED) is 0.259. The molecule has 2 aromatic carbocycles. The molecule has 5 N–H and O–H groups in total. The van der Waals surface area contributed by atoms with Crippen molar-refractivity contribution in [2.45, 2.75) is 12.2 Å². The fourth-order valence-electron chi connectivity index (χ4n) is 2.42. The number of halogens is 3. The first-order valence-corrected chi connectivity index (χ1v) is 10.5. The van der Waals surface area contributed by atoms with Gasteiger partial charge in [-0.2, -0.15) is 4.99 Å². The Hall–Kier alpha value is -3.12. The van der Waals surface area contributed by atoms with Gasteiger partial charge in [-0.15, -0.1) is 0 Å². The molecular weight excluding hydrogens is 423 g/mol. The molecule has 0 spiro atoms. The zero-order valence-corrected chi connectivity index (χ0v) is 16.7. The average molecular weight is 443 g/mol. The van der Waals surface area contributed by atoms with Crippen LogP contribution in [0.1, 0.15) is 11.1 Å². The lowest BCUT2D eigenvalue weighted by Crippen LogP contribution is -2.33. The Labute approximate surface area is 171 Å². The maximum atomic E-state index is 13.5. The zero-order chi connectivity index (χ0) is 22.3. The van der Waals surface area contributed by atoms with Crippen LogP contribution in [0.2, 0.25) is 0 Å². The number of sulfone groups is 1. The highest BCUT2D eigenvalue weighted by Crippen LogP contribution is 2.21. The summed E-state index contributed by atoms with van der Waals surface area (Å²) in [5.41, 5.74) is 8.99. The Kier molecular flexibility index (Phi) is 7.78. The van der Waals surface area contributed by atoms with Gasteiger partial charge >= 0.3 is 0 Å². The number of aliphatic imine (C=N–C) groups is 2. The summed E-state index contributed by atoms with van der Waals surface area (Å²) in [7, 11) is -3.23. The SMILES string of the molecule is CS(=O)(=O)Cc1cccc(N=C(N)N=C(NN)c2ccc(F)cc2OCC(F)F)c1. The zero-order valence-electron chi connectivity index (χ0n) is 15.8. The maximum absolute atomic E-state index is 13.5. The summed E-state index contributed by atoms with van der Waals surface area (Å²) in [6.45, 7) is -0.953. The van der Waals surface area contributed by atoms with Crippen molar-refractivity contribution >= 4 is 27.3 Å². The minimum Gasteiger partial charge on any atom is -0.487 e. The predicted molar refractivity (Wildman–Crippen MR) is 108 cm³/mol. The number of amidine groups is 1. The van der Waals surface area contributed by atoms with E-state index in [4.69, 9.17) is 16.3 Å². The van der Waals surface area contributed by atoms with Crippen LogP contribution in [0.25, 0.3) is 0 Å². The summed E-state index contributed by atoms with van der Waals surface area (Å²) in [6, 6.07) is 9.54. The average Bonchev–Trinajstić information content (AvgIpc) is 2.63. The molecule has 0 radical (unpaired) electrons. The molecule has 2 rings (SSSR count). The van der Waals surface area contributed by atoms with E-state index in [1.165, 1.54) is 12.1 Å². The van der Waals surface area contributed by atoms with Crippen LogP contribution in [-0.2, 0) is 15.6 Å². The van der Waals surface area contributed by atoms with Crippen LogP contribution < -0.4 is 21.7 Å². The first-order valence-electron chi connectivity index (χ1n) is 8.44. The first-order chi connectivity index (χ1) is 14.1. The number of hydrazine groups is 1. The third kappa shape index (κ3) is 7.37. The summed E-state index contributed by atoms with van der Waals surface area (Å²) in [6.07, 6.45) is -1.66. The lowest BCUT2D eigenvalue weighted by Gasteiger charge is -2.13. The number of hydrogen-bond acceptors (Lipinski definition) is 5. The Balaban J connectivity index is 2.35. The molecule has 0 saturated carbocycles. The van der Waals surface area contributed by atoms with E-state index in [9.17, 15) is 21.6 Å². The highest BCUT2D eigenvalue weighted by molar-refractivity contribution is 7.89. The number of guanidine groups is 1. The summed E-state index contributed by atoms with van der Waals surface area (Å²) in [5, 5.41) is 0. The van der Waals surface area contributed by atoms with Crippen molar-refractivity contribution in [2.75, 3.05) is 12.9 Å². The first kappa shape index (κ1) is 23.2. The molecule has 0 aliphatic rings. The number of nitrogens with one attached hydrogen (secondary N) is 1. The summed E-state index contributed by atoms with van der Waals surface area (Å²) >= 11 is 0. The second-order valence-electron chi connectivity index (χ2n) is 6.16. The standard InChI is InChI=1S/C18H20F3N5O3S/c1-30(27,28)10-11-3-2-4-13(7-11)24-18(22)25-17(26-23)14-6-5-12(19)8-15(14)29-9-16(20)21/h2-8,16H,9-10,23H2,1H3,(H3,22,24,25,26). The monoisotopic (exact) mass is 443 g/mol. The Morgan fingerprint density at radius 1 is 1.23 bits per heavy atom. The van der Waals surface area contributed by atoms with Crippen LogP contribution in [-0.4, -0.2) is 39.5 Å². The molecule has 0 heterocycles. The van der Waals surface area contributed by atoms with Crippen LogP contribution in [0.3, 0.4) is 0 Å². The molecule has 0 saturated heterocycles. The van der Waals surface area contributed by atoms with Crippen molar-refractivity contribution < 1.29 is 26.3 Å². The van der Waals surface area contributed by atoms with Crippen LogP contribution in [0.5, 0.6) is 5.75 Å². The fourth-order valence-corrected chi connectivity index (χ4v) is 3.21. The highest BCUT2D eigenvalue weighted by Gasteiger charge is 2.14. The van der Waals surface area contributed by atoms with Crippen LogP contribution in [0, 0.1) is 5.82 Å². The summed E-state index contributed by atoms with van der Waals surface area (Å²) in [4.78, 5) is 8.05. The van der Waals surface area contributed by atoms with Crippen LogP contribution >= 0.6 is 0 Å². The van der Waals surface area contributed by atoms with Gasteiger partial charge in [0.1, 0.15) is 18.2 Å². The van der Waals surface area contributed by atoms with Gasteiger partial charge < -0.3 is 15.9 Å². The summed E-state index contributed by atoms with van der Waals surface area (Å²) < 4.78 is 66.2. The third-order valence-corrected chi connectivity index (χ3v) is 4.37. The van der Waals surface area contributed by atoms with Gasteiger partial charge in [-0.1, -0.05) is 12.1 Å². The Bertz CT molecular complexity index is 1060. The van der Waals surface area contributed by atoms with E-state index < -0.39 is 28.7 Å². The van der Waals surface area contributed by atoms with Gasteiger partial charge in [0, 0.05) is 12.3 Å². The molecule has 12 heteroatoms. The van der Waals surface area contributed by atoms with Gasteiger partial charge in [0.2, 0.25) is 5.96 Å². The van der Waals surface area contributed by atoms with Gasteiger partial charge in [0.25, 0.3) is 6.43 Å². The van der Waals surface area contributed by atoms with E-state index in [-0.39, 0.29) is 28.9 Å². The van der Waals surface area contributed by atoms with E-state index in [1.54, 1.807) is 18.2 Å². The van der Waals surface area contributed by atoms with Crippen molar-refractivity contribution in [3.05, 3.63) is 59.4 Å². The minimum absolute atomic E-state index is 0.0866. The number of hydrogen-bond donors (Lipinski definition) is 3. The molecule has 0 bridgehead atoms. The molecule has 162 valence electrons. The normalized spacial score (nSPS) is 12.9. The van der Waals surface area contributed by atoms with E-state index >= 15 is 0 Å². The Morgan fingerprint density at radius 2 is 1.97 bits per heavy atom. The lowest BCUT2D eigenvalue weighted by molar-refractivity contribution is 0.0816. The number of ether oxygens (including phenoxy) is 1. The molecule has 0 aromatic heterocycles. The van der Waals surface area contributed by atoms with E-state index in [1.807, 2.05) is 0 Å². The third-order valence-electron chi connectivity index (χ3n) is 3.51. The van der Waals surface area contributed by atoms with Crippen LogP contribution in [0.4, 0.5) is 18.9 Å². The molecule has 0 aliphatic heterocycles. The molecule has 0 fully saturated rings. The Morgan fingerprint density at radius 3 is 2.60 bits per heavy atom. The van der Waals surface area contributed by atoms with Gasteiger partial charge in [-0.25, -0.2) is 32.4 Å². The van der Waals surface area contributed by atoms with E-state index in [0.717, 1.165) is 18.4 Å². The predicted octanol–water partition coefficient (Wildman–Crippen LogP) is 1.87. The number of rotatable bonds is 7. The highest BCUT2D eigenvalue weighted by atomic mass is 32.2. The van der Waals surface area contributed by atoms with E-state index in [0.29, 0.717) is 11.3 Å². The van der Waals surface area contributed by atoms with Gasteiger partial charge in [-0.05, 0) is 29.8 Å². The topological polar surface area (TPSA) is 132 Å². The molecule has 30 heavy (non-hydrogen) atoms. The van der Waals surface area contributed by atoms with Crippen molar-refractivity contribution in [3.8, 4) is 5.75 Å². The number of alkyl halides is 2. The molecule has 0 aliphatic carbocycles. The molecule has 0 amide bonds. The summed E-state index contributed by atoms with van der Waals surface area (Å²) in [5.74, 6) is 3.98. The number of nitrogens with two attached hydrogens (primary N) is 2. The van der Waals surface area contributed by atoms with Crippen molar-refractivity contribution in [2.24, 2.45) is 21.6 Å². The van der Waals surface area contributed by atoms with Crippen molar-refractivity contribution in [1.82, 2.24) is 5.43 Å². The second kappa shape index (κ2) is 10.1. The molecule has 2 aromatic rings.